The summed E-state index contributed by atoms with van der Waals surface area (Å²) >= 11 is 6.31. The van der Waals surface area contributed by atoms with Gasteiger partial charge >= 0.3 is 0 Å². The lowest BCUT2D eigenvalue weighted by atomic mass is 10.1. The highest BCUT2D eigenvalue weighted by molar-refractivity contribution is 6.33. The van der Waals surface area contributed by atoms with E-state index in [-0.39, 0.29) is 5.91 Å². The molecule has 0 N–H and O–H groups in total. The summed E-state index contributed by atoms with van der Waals surface area (Å²) in [7, 11) is 4.84. The van der Waals surface area contributed by atoms with Crippen LogP contribution in [0.25, 0.3) is 11.3 Å². The summed E-state index contributed by atoms with van der Waals surface area (Å²) in [5, 5.41) is 0.538. The molecule has 1 aromatic heterocycles. The van der Waals surface area contributed by atoms with Crippen molar-refractivity contribution in [2.45, 2.75) is 0 Å². The number of anilines is 1. The summed E-state index contributed by atoms with van der Waals surface area (Å²) in [6, 6.07) is 16.0. The van der Waals surface area contributed by atoms with Crippen molar-refractivity contribution in [2.75, 3.05) is 26.2 Å². The number of carbonyl (C=O) groups excluding carboxylic acids is 1. The monoisotopic (exact) mass is 382 g/mol. The fourth-order valence-electron chi connectivity index (χ4n) is 2.67. The van der Waals surface area contributed by atoms with Crippen molar-refractivity contribution in [2.24, 2.45) is 0 Å². The molecule has 0 unspecified atom stereocenters. The quantitative estimate of drug-likeness (QED) is 0.642. The average Bonchev–Trinajstić information content (AvgIpc) is 2.73. The Morgan fingerprint density at radius 1 is 1.00 bits per heavy atom. The van der Waals surface area contributed by atoms with Crippen molar-refractivity contribution in [3.8, 4) is 22.8 Å². The van der Waals surface area contributed by atoms with Crippen molar-refractivity contribution >= 4 is 23.2 Å². The van der Waals surface area contributed by atoms with Crippen molar-refractivity contribution < 1.29 is 14.3 Å². The Bertz CT molecular complexity index is 939. The van der Waals surface area contributed by atoms with Crippen LogP contribution < -0.4 is 14.4 Å². The number of benzene rings is 2. The van der Waals surface area contributed by atoms with Crippen LogP contribution in [-0.2, 0) is 0 Å². The minimum Gasteiger partial charge on any atom is -0.497 e. The average molecular weight is 383 g/mol. The highest BCUT2D eigenvalue weighted by Gasteiger charge is 2.17. The lowest BCUT2D eigenvalue weighted by Gasteiger charge is -2.19. The number of ether oxygens (including phenoxy) is 2. The van der Waals surface area contributed by atoms with Crippen LogP contribution in [0.15, 0.2) is 60.8 Å². The van der Waals surface area contributed by atoms with Crippen LogP contribution in [0.5, 0.6) is 11.5 Å². The summed E-state index contributed by atoms with van der Waals surface area (Å²) in [6.45, 7) is 0. The van der Waals surface area contributed by atoms with Gasteiger partial charge in [-0.3, -0.25) is 9.78 Å². The lowest BCUT2D eigenvalue weighted by molar-refractivity contribution is 0.0993. The second kappa shape index (κ2) is 8.10. The van der Waals surface area contributed by atoms with Crippen LogP contribution in [0.3, 0.4) is 0 Å². The zero-order chi connectivity index (χ0) is 19.4. The van der Waals surface area contributed by atoms with E-state index in [1.165, 1.54) is 4.90 Å². The summed E-state index contributed by atoms with van der Waals surface area (Å²) in [6.07, 6.45) is 1.69. The predicted octanol–water partition coefficient (Wildman–Crippen LogP) is 4.70. The Balaban J connectivity index is 1.96. The van der Waals surface area contributed by atoms with E-state index in [0.717, 1.165) is 0 Å². The van der Waals surface area contributed by atoms with Gasteiger partial charge < -0.3 is 14.4 Å². The van der Waals surface area contributed by atoms with E-state index < -0.39 is 0 Å². The third-order valence-corrected chi connectivity index (χ3v) is 4.51. The molecule has 0 bridgehead atoms. The van der Waals surface area contributed by atoms with Crippen LogP contribution in [0.1, 0.15) is 10.4 Å². The molecular formula is C21H19ClN2O3. The van der Waals surface area contributed by atoms with Crippen LogP contribution in [0, 0.1) is 0 Å². The van der Waals surface area contributed by atoms with E-state index in [2.05, 4.69) is 4.98 Å². The Morgan fingerprint density at radius 2 is 1.70 bits per heavy atom. The number of hydrogen-bond acceptors (Lipinski definition) is 4. The molecule has 3 aromatic rings. The molecule has 27 heavy (non-hydrogen) atoms. The largest absolute Gasteiger partial charge is 0.497 e. The third-order valence-electron chi connectivity index (χ3n) is 4.18. The topological polar surface area (TPSA) is 51.7 Å². The van der Waals surface area contributed by atoms with E-state index in [0.29, 0.717) is 39.0 Å². The summed E-state index contributed by atoms with van der Waals surface area (Å²) < 4.78 is 10.6. The number of aromatic nitrogens is 1. The van der Waals surface area contributed by atoms with Crippen LogP contribution in [0.2, 0.25) is 5.02 Å². The highest BCUT2D eigenvalue weighted by Crippen LogP contribution is 2.31. The molecule has 2 aromatic carbocycles. The first-order chi connectivity index (χ1) is 13.0. The van der Waals surface area contributed by atoms with Gasteiger partial charge in [-0.25, -0.2) is 0 Å². The molecule has 0 aliphatic rings. The molecule has 3 rings (SSSR count). The lowest BCUT2D eigenvalue weighted by Crippen LogP contribution is -2.26. The van der Waals surface area contributed by atoms with Gasteiger partial charge in [0.05, 0.1) is 30.6 Å². The molecule has 0 saturated carbocycles. The van der Waals surface area contributed by atoms with Crippen LogP contribution >= 0.6 is 11.6 Å². The van der Waals surface area contributed by atoms with Crippen molar-refractivity contribution in [3.05, 3.63) is 71.4 Å². The number of hydrogen-bond donors (Lipinski definition) is 0. The number of amides is 1. The Morgan fingerprint density at radius 3 is 2.30 bits per heavy atom. The van der Waals surface area contributed by atoms with E-state index in [1.54, 1.807) is 63.9 Å². The summed E-state index contributed by atoms with van der Waals surface area (Å²) in [5.41, 5.74) is 2.58. The Labute approximate surface area is 163 Å². The zero-order valence-corrected chi connectivity index (χ0v) is 16.0. The standard InChI is InChI=1S/C21H19ClN2O3/c1-24(15-11-16(26-2)13-17(12-15)27-3)21(25)14-7-8-19(22)18(10-14)20-6-4-5-9-23-20/h4-13H,1-3H3. The van der Waals surface area contributed by atoms with Gasteiger partial charge in [-0.2, -0.15) is 0 Å². The molecule has 6 heteroatoms. The van der Waals surface area contributed by atoms with Gasteiger partial charge in [-0.05, 0) is 30.3 Å². The number of carbonyl (C=O) groups is 1. The third kappa shape index (κ3) is 4.04. The molecule has 5 nitrogen and oxygen atoms in total. The molecular weight excluding hydrogens is 364 g/mol. The molecule has 1 amide bonds. The normalized spacial score (nSPS) is 10.4. The SMILES string of the molecule is COc1cc(OC)cc(N(C)C(=O)c2ccc(Cl)c(-c3ccccn3)c2)c1. The van der Waals surface area contributed by atoms with Crippen LogP contribution in [0.4, 0.5) is 5.69 Å². The number of pyridine rings is 1. The molecule has 0 atom stereocenters. The molecule has 1 heterocycles. The summed E-state index contributed by atoms with van der Waals surface area (Å²) in [4.78, 5) is 18.9. The summed E-state index contributed by atoms with van der Waals surface area (Å²) in [5.74, 6) is 1.03. The predicted molar refractivity (Wildman–Crippen MR) is 107 cm³/mol. The van der Waals surface area contributed by atoms with E-state index in [9.17, 15) is 4.79 Å². The number of nitrogens with zero attached hydrogens (tertiary/aromatic N) is 2. The molecule has 0 aliphatic heterocycles. The Hall–Kier alpha value is -3.05. The van der Waals surface area contributed by atoms with Crippen molar-refractivity contribution in [3.63, 3.8) is 0 Å². The number of halogens is 1. The van der Waals surface area contributed by atoms with Gasteiger partial charge in [-0.1, -0.05) is 17.7 Å². The second-order valence-electron chi connectivity index (χ2n) is 5.84. The first kappa shape index (κ1) is 18.7. The zero-order valence-electron chi connectivity index (χ0n) is 15.3. The van der Waals surface area contributed by atoms with Gasteiger partial charge in [0, 0.05) is 42.6 Å². The van der Waals surface area contributed by atoms with Gasteiger partial charge in [-0.15, -0.1) is 0 Å². The minimum absolute atomic E-state index is 0.181. The molecule has 138 valence electrons. The van der Waals surface area contributed by atoms with Gasteiger partial charge in [0.1, 0.15) is 11.5 Å². The maximum absolute atomic E-state index is 13.0. The molecule has 0 fully saturated rings. The number of methoxy groups -OCH3 is 2. The maximum atomic E-state index is 13.0. The minimum atomic E-state index is -0.181. The van der Waals surface area contributed by atoms with E-state index in [4.69, 9.17) is 21.1 Å². The fourth-order valence-corrected chi connectivity index (χ4v) is 2.89. The molecule has 0 radical (unpaired) electrons. The molecule has 0 aliphatic carbocycles. The van der Waals surface area contributed by atoms with Crippen molar-refractivity contribution in [1.29, 1.82) is 0 Å². The second-order valence-corrected chi connectivity index (χ2v) is 6.25. The number of rotatable bonds is 5. The highest BCUT2D eigenvalue weighted by atomic mass is 35.5. The van der Waals surface area contributed by atoms with E-state index >= 15 is 0 Å². The van der Waals surface area contributed by atoms with Gasteiger partial charge in [0.25, 0.3) is 5.91 Å². The molecule has 0 spiro atoms. The maximum Gasteiger partial charge on any atom is 0.258 e. The van der Waals surface area contributed by atoms with Crippen molar-refractivity contribution in [1.82, 2.24) is 4.98 Å². The Kier molecular flexibility index (Phi) is 5.62. The smallest absolute Gasteiger partial charge is 0.258 e. The fraction of sp³-hybridized carbons (Fsp3) is 0.143. The van der Waals surface area contributed by atoms with Gasteiger partial charge in [0.2, 0.25) is 0 Å². The van der Waals surface area contributed by atoms with Gasteiger partial charge in [0.15, 0.2) is 0 Å². The molecule has 0 saturated heterocycles. The van der Waals surface area contributed by atoms with E-state index in [1.807, 2.05) is 18.2 Å². The van der Waals surface area contributed by atoms with Crippen LogP contribution in [-0.4, -0.2) is 32.2 Å². The first-order valence-corrected chi connectivity index (χ1v) is 8.63. The first-order valence-electron chi connectivity index (χ1n) is 8.25.